The van der Waals surface area contributed by atoms with E-state index >= 15 is 0 Å². The second-order valence-corrected chi connectivity index (χ2v) is 5.95. The average Bonchev–Trinajstić information content (AvgIpc) is 2.67. The highest BCUT2D eigenvalue weighted by atomic mass is 16.6. The Balaban J connectivity index is 1.56. The number of rotatable bonds is 6. The first-order valence-electron chi connectivity index (χ1n) is 8.30. The third-order valence-corrected chi connectivity index (χ3v) is 4.02. The van der Waals surface area contributed by atoms with Gasteiger partial charge in [-0.15, -0.1) is 0 Å². The maximum atomic E-state index is 12.2. The van der Waals surface area contributed by atoms with Crippen LogP contribution in [0.25, 0.3) is 10.8 Å². The van der Waals surface area contributed by atoms with Crippen molar-refractivity contribution in [3.05, 3.63) is 82.4 Å². The van der Waals surface area contributed by atoms with Crippen LogP contribution < -0.4 is 10.6 Å². The van der Waals surface area contributed by atoms with Crippen molar-refractivity contribution in [2.75, 3.05) is 11.9 Å². The van der Waals surface area contributed by atoms with Crippen LogP contribution in [-0.4, -0.2) is 23.3 Å². The van der Waals surface area contributed by atoms with Crippen molar-refractivity contribution in [2.24, 2.45) is 0 Å². The Morgan fingerprint density at radius 2 is 1.67 bits per heavy atom. The van der Waals surface area contributed by atoms with E-state index < -0.39 is 10.8 Å². The molecular weight excluding hydrogens is 346 g/mol. The van der Waals surface area contributed by atoms with Crippen LogP contribution in [0, 0.1) is 10.1 Å². The molecule has 0 atom stereocenters. The fourth-order valence-electron chi connectivity index (χ4n) is 2.76. The van der Waals surface area contributed by atoms with E-state index in [0.717, 1.165) is 16.3 Å². The normalized spacial score (nSPS) is 10.4. The highest BCUT2D eigenvalue weighted by Gasteiger charge is 2.11. The third-order valence-electron chi connectivity index (χ3n) is 4.02. The summed E-state index contributed by atoms with van der Waals surface area (Å²) in [6.45, 7) is -0.216. The fraction of sp³-hybridized carbons (Fsp3) is 0.100. The van der Waals surface area contributed by atoms with E-state index in [1.54, 1.807) is 6.07 Å². The predicted molar refractivity (Wildman–Crippen MR) is 102 cm³/mol. The molecule has 2 amide bonds. The lowest BCUT2D eigenvalue weighted by atomic mass is 10.0. The molecule has 0 fully saturated rings. The van der Waals surface area contributed by atoms with Gasteiger partial charge < -0.3 is 10.6 Å². The molecule has 0 radical (unpaired) electrons. The minimum Gasteiger partial charge on any atom is -0.347 e. The minimum atomic E-state index is -0.540. The van der Waals surface area contributed by atoms with Crippen molar-refractivity contribution in [1.29, 1.82) is 0 Å². The molecule has 0 aliphatic carbocycles. The van der Waals surface area contributed by atoms with Gasteiger partial charge in [-0.05, 0) is 22.4 Å². The molecule has 0 spiro atoms. The molecule has 0 aromatic heterocycles. The molecule has 0 aliphatic heterocycles. The molecule has 0 saturated heterocycles. The number of carbonyl (C=O) groups excluding carboxylic acids is 2. The molecule has 0 aliphatic rings. The molecule has 0 heterocycles. The Hall–Kier alpha value is -3.74. The summed E-state index contributed by atoms with van der Waals surface area (Å²) in [7, 11) is 0. The molecule has 7 heteroatoms. The van der Waals surface area contributed by atoms with Crippen molar-refractivity contribution in [3.63, 3.8) is 0 Å². The van der Waals surface area contributed by atoms with Crippen LogP contribution in [0.5, 0.6) is 0 Å². The van der Waals surface area contributed by atoms with E-state index in [1.807, 2.05) is 42.5 Å². The predicted octanol–water partition coefficient (Wildman–Crippen LogP) is 3.05. The van der Waals surface area contributed by atoms with E-state index in [9.17, 15) is 19.7 Å². The van der Waals surface area contributed by atoms with Gasteiger partial charge in [0.25, 0.3) is 5.69 Å². The Morgan fingerprint density at radius 3 is 2.48 bits per heavy atom. The molecule has 3 aromatic rings. The van der Waals surface area contributed by atoms with Crippen LogP contribution in [0.1, 0.15) is 5.56 Å². The maximum Gasteiger partial charge on any atom is 0.271 e. The number of amides is 2. The van der Waals surface area contributed by atoms with Gasteiger partial charge in [0.2, 0.25) is 11.8 Å². The number of hydrogen-bond donors (Lipinski definition) is 2. The van der Waals surface area contributed by atoms with Gasteiger partial charge in [0.1, 0.15) is 0 Å². The van der Waals surface area contributed by atoms with Crippen LogP contribution in [-0.2, 0) is 16.0 Å². The largest absolute Gasteiger partial charge is 0.347 e. The molecular formula is C20H17N3O4. The van der Waals surface area contributed by atoms with Crippen LogP contribution in [0.2, 0.25) is 0 Å². The second kappa shape index (κ2) is 8.09. The van der Waals surface area contributed by atoms with Crippen molar-refractivity contribution in [3.8, 4) is 0 Å². The van der Waals surface area contributed by atoms with Crippen LogP contribution in [0.4, 0.5) is 11.4 Å². The van der Waals surface area contributed by atoms with Crippen LogP contribution in [0.15, 0.2) is 66.7 Å². The number of anilines is 1. The molecule has 0 saturated carbocycles. The van der Waals surface area contributed by atoms with Gasteiger partial charge in [0.15, 0.2) is 0 Å². The van der Waals surface area contributed by atoms with Crippen molar-refractivity contribution in [1.82, 2.24) is 5.32 Å². The van der Waals surface area contributed by atoms with Gasteiger partial charge in [-0.2, -0.15) is 0 Å². The molecule has 3 rings (SSSR count). The number of nitro benzene ring substituents is 1. The number of nitrogens with zero attached hydrogens (tertiary/aromatic N) is 1. The first-order valence-corrected chi connectivity index (χ1v) is 8.30. The number of hydrogen-bond acceptors (Lipinski definition) is 4. The SMILES string of the molecule is O=C(Cc1cccc2ccccc12)NCC(=O)Nc1cccc([N+](=O)[O-])c1. The van der Waals surface area contributed by atoms with Gasteiger partial charge in [-0.25, -0.2) is 0 Å². The Morgan fingerprint density at radius 1 is 0.926 bits per heavy atom. The van der Waals surface area contributed by atoms with Gasteiger partial charge in [0.05, 0.1) is 17.9 Å². The van der Waals surface area contributed by atoms with E-state index in [0.29, 0.717) is 5.69 Å². The molecule has 136 valence electrons. The maximum absolute atomic E-state index is 12.2. The highest BCUT2D eigenvalue weighted by molar-refractivity contribution is 5.96. The summed E-state index contributed by atoms with van der Waals surface area (Å²) in [5.74, 6) is -0.734. The summed E-state index contributed by atoms with van der Waals surface area (Å²) in [4.78, 5) is 34.4. The number of carbonyl (C=O) groups is 2. The Labute approximate surface area is 155 Å². The number of fused-ring (bicyclic) bond motifs is 1. The lowest BCUT2D eigenvalue weighted by molar-refractivity contribution is -0.384. The second-order valence-electron chi connectivity index (χ2n) is 5.95. The molecule has 7 nitrogen and oxygen atoms in total. The van der Waals surface area contributed by atoms with E-state index in [4.69, 9.17) is 0 Å². The molecule has 27 heavy (non-hydrogen) atoms. The van der Waals surface area contributed by atoms with Crippen molar-refractivity contribution >= 4 is 34.0 Å². The van der Waals surface area contributed by atoms with Crippen LogP contribution in [0.3, 0.4) is 0 Å². The zero-order valence-corrected chi connectivity index (χ0v) is 14.3. The van der Waals surface area contributed by atoms with Crippen molar-refractivity contribution in [2.45, 2.75) is 6.42 Å². The molecule has 3 aromatic carbocycles. The molecule has 0 unspecified atom stereocenters. The summed E-state index contributed by atoms with van der Waals surface area (Å²) >= 11 is 0. The van der Waals surface area contributed by atoms with Crippen molar-refractivity contribution < 1.29 is 14.5 Å². The van der Waals surface area contributed by atoms with Gasteiger partial charge in [-0.3, -0.25) is 19.7 Å². The summed E-state index contributed by atoms with van der Waals surface area (Å²) in [5.41, 5.74) is 1.06. The van der Waals surface area contributed by atoms with Gasteiger partial charge in [-0.1, -0.05) is 48.5 Å². The number of non-ortho nitro benzene ring substituents is 1. The minimum absolute atomic E-state index is 0.118. The fourth-order valence-corrected chi connectivity index (χ4v) is 2.76. The van der Waals surface area contributed by atoms with E-state index in [-0.39, 0.29) is 24.6 Å². The summed E-state index contributed by atoms with van der Waals surface area (Å²) < 4.78 is 0. The van der Waals surface area contributed by atoms with Gasteiger partial charge in [0, 0.05) is 17.8 Å². The number of nitrogens with one attached hydrogen (secondary N) is 2. The van der Waals surface area contributed by atoms with Crippen LogP contribution >= 0.6 is 0 Å². The topological polar surface area (TPSA) is 101 Å². The number of benzene rings is 3. The summed E-state index contributed by atoms with van der Waals surface area (Å²) in [5, 5.41) is 17.9. The Bertz CT molecular complexity index is 1010. The zero-order chi connectivity index (χ0) is 19.2. The van der Waals surface area contributed by atoms with E-state index in [1.165, 1.54) is 18.2 Å². The quantitative estimate of drug-likeness (QED) is 0.519. The Kier molecular flexibility index (Phi) is 5.41. The average molecular weight is 363 g/mol. The number of nitro groups is 1. The molecule has 0 bridgehead atoms. The lowest BCUT2D eigenvalue weighted by Crippen LogP contribution is -2.33. The highest BCUT2D eigenvalue weighted by Crippen LogP contribution is 2.19. The van der Waals surface area contributed by atoms with Gasteiger partial charge >= 0.3 is 0 Å². The lowest BCUT2D eigenvalue weighted by Gasteiger charge is -2.09. The first kappa shape index (κ1) is 18.1. The molecule has 2 N–H and O–H groups in total. The zero-order valence-electron chi connectivity index (χ0n) is 14.3. The summed E-state index contributed by atoms with van der Waals surface area (Å²) in [6.07, 6.45) is 0.158. The van der Waals surface area contributed by atoms with E-state index in [2.05, 4.69) is 10.6 Å². The first-order chi connectivity index (χ1) is 13.0. The monoisotopic (exact) mass is 363 g/mol. The standard InChI is InChI=1S/C20H17N3O4/c24-19(11-15-7-3-6-14-5-1-2-10-18(14)15)21-13-20(25)22-16-8-4-9-17(12-16)23(26)27/h1-10,12H,11,13H2,(H,21,24)(H,22,25). The smallest absolute Gasteiger partial charge is 0.271 e. The summed E-state index contributed by atoms with van der Waals surface area (Å²) in [6, 6.07) is 19.1. The third kappa shape index (κ3) is 4.66.